The van der Waals surface area contributed by atoms with Crippen molar-refractivity contribution in [1.82, 2.24) is 24.7 Å². The van der Waals surface area contributed by atoms with Crippen molar-refractivity contribution in [2.24, 2.45) is 0 Å². The second-order valence-electron chi connectivity index (χ2n) is 8.79. The van der Waals surface area contributed by atoms with Crippen molar-refractivity contribution in [3.05, 3.63) is 55.0 Å². The fraction of sp³-hybridized carbons (Fsp3) is 0.320. The Labute approximate surface area is 202 Å². The molecule has 35 heavy (non-hydrogen) atoms. The lowest BCUT2D eigenvalue weighted by molar-refractivity contribution is 0.0904. The maximum atomic E-state index is 12.3. The average molecular weight is 471 g/mol. The summed E-state index contributed by atoms with van der Waals surface area (Å²) < 4.78 is 7.70. The van der Waals surface area contributed by atoms with Gasteiger partial charge in [0.1, 0.15) is 5.82 Å². The van der Waals surface area contributed by atoms with Gasteiger partial charge in [0.05, 0.1) is 36.9 Å². The summed E-state index contributed by atoms with van der Waals surface area (Å²) in [6, 6.07) is 11.4. The third-order valence-electron chi connectivity index (χ3n) is 6.60. The van der Waals surface area contributed by atoms with E-state index < -0.39 is 0 Å². The van der Waals surface area contributed by atoms with Crippen LogP contribution in [0.25, 0.3) is 22.4 Å². The smallest absolute Gasteiger partial charge is 0.323 e. The number of carbonyl (C=O) groups is 1. The predicted molar refractivity (Wildman–Crippen MR) is 133 cm³/mol. The average Bonchev–Trinajstić information content (AvgIpc) is 3.41. The van der Waals surface area contributed by atoms with Gasteiger partial charge in [0.2, 0.25) is 0 Å². The Morgan fingerprint density at radius 3 is 2.37 bits per heavy atom. The van der Waals surface area contributed by atoms with E-state index in [1.165, 1.54) is 0 Å². The molecular weight excluding hydrogens is 444 g/mol. The van der Waals surface area contributed by atoms with Crippen LogP contribution < -0.4 is 15.5 Å². The number of nitrogens with zero attached hydrogens (tertiary/aromatic N) is 6. The second-order valence-corrected chi connectivity index (χ2v) is 8.79. The zero-order valence-electron chi connectivity index (χ0n) is 19.4. The number of hydrogen-bond acceptors (Lipinski definition) is 7. The molecule has 10 heteroatoms. The summed E-state index contributed by atoms with van der Waals surface area (Å²) in [7, 11) is 0. The Bertz CT molecular complexity index is 1340. The standard InChI is InChI=1S/C25H26N8O2/c1-2-32-23-21(13-27-32)24(33-19-7-8-20(33)15-35-14-19)31-22(30-23)16-3-5-17(6-4-16)28-25(34)29-18-9-11-26-12-10-18/h3-6,9-13,19-20H,2,7-8,14-15H2,1H3,(H2,26,28,29,34). The summed E-state index contributed by atoms with van der Waals surface area (Å²) in [6.07, 6.45) is 7.34. The Morgan fingerprint density at radius 2 is 1.69 bits per heavy atom. The highest BCUT2D eigenvalue weighted by Gasteiger charge is 2.39. The molecule has 2 bridgehead atoms. The molecule has 6 rings (SSSR count). The summed E-state index contributed by atoms with van der Waals surface area (Å²) in [4.78, 5) is 28.6. The third kappa shape index (κ3) is 4.06. The maximum absolute atomic E-state index is 12.3. The summed E-state index contributed by atoms with van der Waals surface area (Å²) in [5.41, 5.74) is 3.05. The van der Waals surface area contributed by atoms with E-state index in [1.807, 2.05) is 35.1 Å². The van der Waals surface area contributed by atoms with Gasteiger partial charge in [-0.05, 0) is 56.2 Å². The number of aryl methyl sites for hydroxylation is 1. The zero-order chi connectivity index (χ0) is 23.8. The van der Waals surface area contributed by atoms with Gasteiger partial charge in [-0.1, -0.05) is 0 Å². The molecule has 2 fully saturated rings. The van der Waals surface area contributed by atoms with Crippen LogP contribution in [0.3, 0.4) is 0 Å². The van der Waals surface area contributed by atoms with Crippen molar-refractivity contribution in [2.45, 2.75) is 38.4 Å². The van der Waals surface area contributed by atoms with Crippen LogP contribution in [0.15, 0.2) is 55.0 Å². The zero-order valence-corrected chi connectivity index (χ0v) is 19.4. The molecule has 2 aliphatic rings. The Balaban J connectivity index is 1.30. The van der Waals surface area contributed by atoms with Crippen molar-refractivity contribution in [3.8, 4) is 11.4 Å². The topological polar surface area (TPSA) is 110 Å². The van der Waals surface area contributed by atoms with Crippen LogP contribution in [0, 0.1) is 0 Å². The number of hydrogen-bond donors (Lipinski definition) is 2. The number of benzene rings is 1. The van der Waals surface area contributed by atoms with Crippen molar-refractivity contribution in [2.75, 3.05) is 28.7 Å². The monoisotopic (exact) mass is 470 g/mol. The van der Waals surface area contributed by atoms with E-state index in [0.717, 1.165) is 55.0 Å². The molecule has 0 aliphatic carbocycles. The number of nitrogens with one attached hydrogen (secondary N) is 2. The summed E-state index contributed by atoms with van der Waals surface area (Å²) >= 11 is 0. The summed E-state index contributed by atoms with van der Waals surface area (Å²) in [6.45, 7) is 4.23. The first-order valence-electron chi connectivity index (χ1n) is 11.9. The number of aromatic nitrogens is 5. The van der Waals surface area contributed by atoms with E-state index in [-0.39, 0.29) is 6.03 Å². The Kier molecular flexibility index (Phi) is 5.49. The van der Waals surface area contributed by atoms with E-state index in [9.17, 15) is 4.79 Å². The minimum Gasteiger partial charge on any atom is -0.377 e. The molecule has 1 aromatic carbocycles. The van der Waals surface area contributed by atoms with Gasteiger partial charge >= 0.3 is 6.03 Å². The van der Waals surface area contributed by atoms with Gasteiger partial charge in [-0.3, -0.25) is 4.98 Å². The highest BCUT2D eigenvalue weighted by atomic mass is 16.5. The van der Waals surface area contributed by atoms with Crippen LogP contribution in [0.2, 0.25) is 0 Å². The molecule has 2 unspecified atom stereocenters. The minimum absolute atomic E-state index is 0.321. The van der Waals surface area contributed by atoms with Crippen molar-refractivity contribution < 1.29 is 9.53 Å². The number of amides is 2. The van der Waals surface area contributed by atoms with Crippen molar-refractivity contribution in [3.63, 3.8) is 0 Å². The van der Waals surface area contributed by atoms with Crippen LogP contribution in [-0.2, 0) is 11.3 Å². The van der Waals surface area contributed by atoms with E-state index in [0.29, 0.717) is 29.3 Å². The van der Waals surface area contributed by atoms with E-state index in [4.69, 9.17) is 14.7 Å². The first kappa shape index (κ1) is 21.5. The number of morpholine rings is 1. The van der Waals surface area contributed by atoms with Crippen molar-refractivity contribution >= 4 is 34.3 Å². The number of pyridine rings is 1. The van der Waals surface area contributed by atoms with E-state index >= 15 is 0 Å². The molecule has 0 saturated carbocycles. The van der Waals surface area contributed by atoms with Crippen LogP contribution >= 0.6 is 0 Å². The molecule has 0 spiro atoms. The van der Waals surface area contributed by atoms with Crippen LogP contribution in [0.4, 0.5) is 22.0 Å². The summed E-state index contributed by atoms with van der Waals surface area (Å²) in [5, 5.41) is 11.2. The van der Waals surface area contributed by atoms with Crippen molar-refractivity contribution in [1.29, 1.82) is 0 Å². The number of carbonyl (C=O) groups excluding carboxylic acids is 1. The number of rotatable bonds is 5. The molecule has 10 nitrogen and oxygen atoms in total. The van der Waals surface area contributed by atoms with E-state index in [2.05, 4.69) is 32.5 Å². The van der Waals surface area contributed by atoms with Gasteiger partial charge in [-0.15, -0.1) is 0 Å². The molecule has 0 radical (unpaired) electrons. The van der Waals surface area contributed by atoms with Gasteiger partial charge in [-0.25, -0.2) is 19.4 Å². The molecule has 4 aromatic rings. The van der Waals surface area contributed by atoms with E-state index in [1.54, 1.807) is 24.5 Å². The van der Waals surface area contributed by atoms with Crippen LogP contribution in [0.1, 0.15) is 19.8 Å². The van der Waals surface area contributed by atoms with Crippen LogP contribution in [-0.4, -0.2) is 56.1 Å². The number of anilines is 3. The number of ether oxygens (including phenoxy) is 1. The molecule has 2 aliphatic heterocycles. The Morgan fingerprint density at radius 1 is 1.00 bits per heavy atom. The third-order valence-corrected chi connectivity index (χ3v) is 6.60. The first-order valence-corrected chi connectivity index (χ1v) is 11.9. The normalized spacial score (nSPS) is 19.2. The fourth-order valence-corrected chi connectivity index (χ4v) is 4.90. The lowest BCUT2D eigenvalue weighted by atomic mass is 10.1. The first-order chi connectivity index (χ1) is 17.2. The Hall–Kier alpha value is -4.05. The number of fused-ring (bicyclic) bond motifs is 3. The predicted octanol–water partition coefficient (Wildman–Crippen LogP) is 3.92. The molecular formula is C25H26N8O2. The van der Waals surface area contributed by atoms with Gasteiger partial charge in [0.25, 0.3) is 0 Å². The molecule has 2 amide bonds. The molecule has 3 aromatic heterocycles. The SMILES string of the molecule is CCn1ncc2c(N3C4CCC3COC4)nc(-c3ccc(NC(=O)Nc4ccncc4)cc3)nc21. The lowest BCUT2D eigenvalue weighted by Gasteiger charge is -2.36. The molecule has 2 saturated heterocycles. The van der Waals surface area contributed by atoms with Gasteiger partial charge < -0.3 is 20.3 Å². The highest BCUT2D eigenvalue weighted by molar-refractivity contribution is 5.99. The quantitative estimate of drug-likeness (QED) is 0.455. The molecule has 178 valence electrons. The highest BCUT2D eigenvalue weighted by Crippen LogP contribution is 2.37. The second kappa shape index (κ2) is 8.95. The maximum Gasteiger partial charge on any atom is 0.323 e. The number of urea groups is 1. The van der Waals surface area contributed by atoms with Crippen LogP contribution in [0.5, 0.6) is 0 Å². The van der Waals surface area contributed by atoms with Gasteiger partial charge in [-0.2, -0.15) is 5.10 Å². The lowest BCUT2D eigenvalue weighted by Crippen LogP contribution is -2.46. The minimum atomic E-state index is -0.321. The molecule has 5 heterocycles. The molecule has 2 N–H and O–H groups in total. The van der Waals surface area contributed by atoms with Gasteiger partial charge in [0, 0.05) is 35.9 Å². The largest absolute Gasteiger partial charge is 0.377 e. The fourth-order valence-electron chi connectivity index (χ4n) is 4.90. The molecule has 2 atom stereocenters. The van der Waals surface area contributed by atoms with Gasteiger partial charge in [0.15, 0.2) is 11.5 Å². The summed E-state index contributed by atoms with van der Waals surface area (Å²) in [5.74, 6) is 1.57.